The quantitative estimate of drug-likeness (QED) is 0.387. The van der Waals surface area contributed by atoms with Crippen LogP contribution in [0.25, 0.3) is 10.1 Å². The van der Waals surface area contributed by atoms with Gasteiger partial charge in [0.15, 0.2) is 5.76 Å². The molecule has 0 spiro atoms. The van der Waals surface area contributed by atoms with Gasteiger partial charge in [-0.05, 0) is 55.0 Å². The number of aryl methyl sites for hydroxylation is 1. The Kier molecular flexibility index (Phi) is 5.75. The molecule has 2 aromatic carbocycles. The number of halogens is 1. The van der Waals surface area contributed by atoms with E-state index in [4.69, 9.17) is 16.0 Å². The second kappa shape index (κ2) is 8.63. The summed E-state index contributed by atoms with van der Waals surface area (Å²) in [6.45, 7) is 1.96. The lowest BCUT2D eigenvalue weighted by molar-refractivity contribution is 0.0849. The molecule has 0 aliphatic carbocycles. The van der Waals surface area contributed by atoms with Crippen LogP contribution in [0.2, 0.25) is 5.02 Å². The van der Waals surface area contributed by atoms with Crippen molar-refractivity contribution in [3.05, 3.63) is 87.6 Å². The summed E-state index contributed by atoms with van der Waals surface area (Å²) in [4.78, 5) is 37.1. The zero-order valence-electron chi connectivity index (χ0n) is 16.2. The first-order chi connectivity index (χ1) is 14.9. The maximum absolute atomic E-state index is 12.5. The van der Waals surface area contributed by atoms with E-state index in [2.05, 4.69) is 16.2 Å². The molecule has 0 saturated heterocycles. The summed E-state index contributed by atoms with van der Waals surface area (Å²) in [5, 5.41) is 3.80. The Morgan fingerprint density at radius 3 is 2.39 bits per heavy atom. The van der Waals surface area contributed by atoms with Crippen LogP contribution in [0.5, 0.6) is 0 Å². The molecular formula is C22H16ClN3O4S. The summed E-state index contributed by atoms with van der Waals surface area (Å²) in [7, 11) is 0. The number of carbonyl (C=O) groups is 3. The van der Waals surface area contributed by atoms with E-state index in [0.29, 0.717) is 21.2 Å². The predicted molar refractivity (Wildman–Crippen MR) is 120 cm³/mol. The molecule has 0 atom stereocenters. The number of carbonyl (C=O) groups excluding carboxylic acids is 3. The molecule has 7 nitrogen and oxygen atoms in total. The van der Waals surface area contributed by atoms with Gasteiger partial charge < -0.3 is 9.73 Å². The second-order valence-corrected chi connectivity index (χ2v) is 8.09. The van der Waals surface area contributed by atoms with Gasteiger partial charge in [0.1, 0.15) is 4.88 Å². The van der Waals surface area contributed by atoms with Gasteiger partial charge in [0, 0.05) is 21.3 Å². The van der Waals surface area contributed by atoms with Gasteiger partial charge in [0.25, 0.3) is 17.7 Å². The summed E-state index contributed by atoms with van der Waals surface area (Å²) in [5.41, 5.74) is 6.61. The zero-order chi connectivity index (χ0) is 22.0. The number of nitrogens with one attached hydrogen (secondary N) is 3. The number of hydrogen-bond acceptors (Lipinski definition) is 5. The van der Waals surface area contributed by atoms with Crippen molar-refractivity contribution in [3.8, 4) is 0 Å². The Bertz CT molecular complexity index is 1280. The zero-order valence-corrected chi connectivity index (χ0v) is 17.8. The van der Waals surface area contributed by atoms with E-state index in [1.54, 1.807) is 24.3 Å². The summed E-state index contributed by atoms with van der Waals surface area (Å²) in [5.74, 6) is -1.23. The van der Waals surface area contributed by atoms with Gasteiger partial charge >= 0.3 is 0 Å². The highest BCUT2D eigenvalue weighted by Crippen LogP contribution is 2.35. The summed E-state index contributed by atoms with van der Waals surface area (Å²) in [6.07, 6.45) is 1.41. The number of furan rings is 1. The lowest BCUT2D eigenvalue weighted by Crippen LogP contribution is -2.41. The third kappa shape index (κ3) is 4.45. The van der Waals surface area contributed by atoms with E-state index >= 15 is 0 Å². The largest absolute Gasteiger partial charge is 0.459 e. The van der Waals surface area contributed by atoms with Crippen molar-refractivity contribution in [1.82, 2.24) is 10.9 Å². The number of rotatable bonds is 4. The number of benzene rings is 2. The van der Waals surface area contributed by atoms with E-state index in [1.807, 2.05) is 25.1 Å². The Morgan fingerprint density at radius 2 is 1.68 bits per heavy atom. The van der Waals surface area contributed by atoms with Crippen LogP contribution in [-0.4, -0.2) is 17.7 Å². The van der Waals surface area contributed by atoms with Gasteiger partial charge in [0.2, 0.25) is 0 Å². The number of fused-ring (bicyclic) bond motifs is 1. The maximum Gasteiger partial charge on any atom is 0.291 e. The van der Waals surface area contributed by atoms with E-state index in [9.17, 15) is 14.4 Å². The molecule has 0 aliphatic heterocycles. The number of hydrogen-bond donors (Lipinski definition) is 3. The van der Waals surface area contributed by atoms with E-state index < -0.39 is 17.7 Å². The third-order valence-electron chi connectivity index (χ3n) is 4.43. The molecule has 31 heavy (non-hydrogen) atoms. The molecule has 0 bridgehead atoms. The maximum atomic E-state index is 12.5. The fourth-order valence-corrected chi connectivity index (χ4v) is 4.38. The monoisotopic (exact) mass is 453 g/mol. The SMILES string of the molecule is Cc1ccc2c(Cl)c(C(=O)NNC(=O)c3ccc(NC(=O)c4ccco4)cc3)sc2c1. The molecule has 0 radical (unpaired) electrons. The smallest absolute Gasteiger partial charge is 0.291 e. The molecular weight excluding hydrogens is 438 g/mol. The van der Waals surface area contributed by atoms with Crippen molar-refractivity contribution in [2.75, 3.05) is 5.32 Å². The minimum absolute atomic E-state index is 0.180. The highest BCUT2D eigenvalue weighted by atomic mass is 35.5. The lowest BCUT2D eigenvalue weighted by Gasteiger charge is -2.08. The molecule has 156 valence electrons. The van der Waals surface area contributed by atoms with Crippen LogP contribution in [-0.2, 0) is 0 Å². The van der Waals surface area contributed by atoms with Crippen molar-refractivity contribution in [2.45, 2.75) is 6.92 Å². The normalized spacial score (nSPS) is 10.6. The first-order valence-electron chi connectivity index (χ1n) is 9.16. The second-order valence-electron chi connectivity index (χ2n) is 6.66. The van der Waals surface area contributed by atoms with Crippen LogP contribution in [0.1, 0.15) is 36.1 Å². The number of thiophene rings is 1. The molecule has 0 saturated carbocycles. The topological polar surface area (TPSA) is 100 Å². The molecule has 0 aliphatic rings. The first kappa shape index (κ1) is 20.6. The molecule has 2 aromatic heterocycles. The van der Waals surface area contributed by atoms with E-state index in [-0.39, 0.29) is 5.76 Å². The first-order valence-corrected chi connectivity index (χ1v) is 10.4. The Labute approximate surface area is 186 Å². The van der Waals surface area contributed by atoms with Gasteiger partial charge in [-0.3, -0.25) is 25.2 Å². The average molecular weight is 454 g/mol. The number of anilines is 1. The van der Waals surface area contributed by atoms with Crippen LogP contribution >= 0.6 is 22.9 Å². The van der Waals surface area contributed by atoms with Gasteiger partial charge in [0.05, 0.1) is 11.3 Å². The van der Waals surface area contributed by atoms with Crippen molar-refractivity contribution >= 4 is 56.4 Å². The van der Waals surface area contributed by atoms with Crippen LogP contribution in [0.3, 0.4) is 0 Å². The number of hydrazine groups is 1. The fraction of sp³-hybridized carbons (Fsp3) is 0.0455. The van der Waals surface area contributed by atoms with Crippen LogP contribution in [0.4, 0.5) is 5.69 Å². The minimum atomic E-state index is -0.509. The molecule has 3 amide bonds. The average Bonchev–Trinajstić information content (AvgIpc) is 3.41. The molecule has 2 heterocycles. The lowest BCUT2D eigenvalue weighted by atomic mass is 10.2. The van der Waals surface area contributed by atoms with Crippen LogP contribution in [0, 0.1) is 6.92 Å². The molecule has 4 rings (SSSR count). The highest BCUT2D eigenvalue weighted by molar-refractivity contribution is 7.21. The molecule has 0 unspecified atom stereocenters. The van der Waals surface area contributed by atoms with Crippen LogP contribution < -0.4 is 16.2 Å². The minimum Gasteiger partial charge on any atom is -0.459 e. The molecule has 4 aromatic rings. The van der Waals surface area contributed by atoms with Gasteiger partial charge in [-0.1, -0.05) is 23.7 Å². The Morgan fingerprint density at radius 1 is 0.935 bits per heavy atom. The van der Waals surface area contributed by atoms with E-state index in [0.717, 1.165) is 15.6 Å². The molecule has 3 N–H and O–H groups in total. The van der Waals surface area contributed by atoms with Crippen molar-refractivity contribution in [1.29, 1.82) is 0 Å². The predicted octanol–water partition coefficient (Wildman–Crippen LogP) is 4.78. The van der Waals surface area contributed by atoms with Gasteiger partial charge in [-0.25, -0.2) is 0 Å². The summed E-state index contributed by atoms with van der Waals surface area (Å²) < 4.78 is 5.93. The van der Waals surface area contributed by atoms with Crippen molar-refractivity contribution in [3.63, 3.8) is 0 Å². The van der Waals surface area contributed by atoms with Gasteiger partial charge in [-0.15, -0.1) is 11.3 Å². The molecule has 9 heteroatoms. The highest BCUT2D eigenvalue weighted by Gasteiger charge is 2.18. The van der Waals surface area contributed by atoms with Crippen molar-refractivity contribution < 1.29 is 18.8 Å². The summed E-state index contributed by atoms with van der Waals surface area (Å²) >= 11 is 7.59. The molecule has 0 fully saturated rings. The Hall–Kier alpha value is -3.62. The fourth-order valence-electron chi connectivity index (χ4n) is 2.87. The third-order valence-corrected chi connectivity index (χ3v) is 6.09. The summed E-state index contributed by atoms with van der Waals surface area (Å²) in [6, 6.07) is 15.1. The number of amides is 3. The van der Waals surface area contributed by atoms with Crippen molar-refractivity contribution in [2.24, 2.45) is 0 Å². The van der Waals surface area contributed by atoms with Crippen LogP contribution in [0.15, 0.2) is 65.3 Å². The standard InChI is InChI=1S/C22H16ClN3O4S/c1-12-4-9-15-17(11-12)31-19(18(15)23)22(29)26-25-20(27)13-5-7-14(8-6-13)24-21(28)16-3-2-10-30-16/h2-11H,1H3,(H,24,28)(H,25,27)(H,26,29). The Balaban J connectivity index is 1.38. The van der Waals surface area contributed by atoms with E-state index in [1.165, 1.54) is 29.7 Å². The van der Waals surface area contributed by atoms with Gasteiger partial charge in [-0.2, -0.15) is 0 Å².